The van der Waals surface area contributed by atoms with Crippen LogP contribution in [0.1, 0.15) is 42.0 Å². The molecule has 1 aromatic carbocycles. The van der Waals surface area contributed by atoms with Crippen LogP contribution in [-0.4, -0.2) is 24.7 Å². The minimum absolute atomic E-state index is 0.0277. The Labute approximate surface area is 175 Å². The zero-order valence-electron chi connectivity index (χ0n) is 15.5. The fourth-order valence-electron chi connectivity index (χ4n) is 3.09. The number of halogens is 2. The maximum absolute atomic E-state index is 12.9. The van der Waals surface area contributed by atoms with Gasteiger partial charge < -0.3 is 4.98 Å². The topological polar surface area (TPSA) is 76.5 Å². The molecule has 6 nitrogen and oxygen atoms in total. The van der Waals surface area contributed by atoms with Gasteiger partial charge in [0.15, 0.2) is 5.65 Å². The van der Waals surface area contributed by atoms with Gasteiger partial charge in [-0.05, 0) is 25.0 Å². The monoisotopic (exact) mass is 433 g/mol. The highest BCUT2D eigenvalue weighted by atomic mass is 35.5. The molecule has 3 heterocycles. The van der Waals surface area contributed by atoms with Gasteiger partial charge in [-0.15, -0.1) is 11.3 Å². The largest absolute Gasteiger partial charge is 0.310 e. The van der Waals surface area contributed by atoms with Crippen LogP contribution in [0.25, 0.3) is 16.7 Å². The van der Waals surface area contributed by atoms with E-state index in [4.69, 9.17) is 28.2 Å². The summed E-state index contributed by atoms with van der Waals surface area (Å²) in [6, 6.07) is 5.23. The molecule has 3 aromatic heterocycles. The SMILES string of the molecule is Cc1nc(Cc2nc3c(c(C(C)C)nn3-c3c(Cl)cccc3Cl)c(=O)[nH]2)cs1. The molecule has 0 aliphatic rings. The quantitative estimate of drug-likeness (QED) is 0.496. The van der Waals surface area contributed by atoms with Crippen molar-refractivity contribution in [2.45, 2.75) is 33.1 Å². The molecule has 0 saturated heterocycles. The molecule has 1 N–H and O–H groups in total. The van der Waals surface area contributed by atoms with Crippen molar-refractivity contribution in [2.75, 3.05) is 0 Å². The van der Waals surface area contributed by atoms with Crippen molar-refractivity contribution in [3.8, 4) is 5.69 Å². The van der Waals surface area contributed by atoms with Gasteiger partial charge in [-0.2, -0.15) is 5.10 Å². The van der Waals surface area contributed by atoms with Crippen LogP contribution in [0, 0.1) is 6.92 Å². The summed E-state index contributed by atoms with van der Waals surface area (Å²) in [5.74, 6) is 0.544. The predicted molar refractivity (Wildman–Crippen MR) is 113 cm³/mol. The molecule has 0 spiro atoms. The van der Waals surface area contributed by atoms with Crippen LogP contribution in [0.2, 0.25) is 10.0 Å². The van der Waals surface area contributed by atoms with E-state index in [1.807, 2.05) is 26.2 Å². The third-order valence-electron chi connectivity index (χ3n) is 4.33. The molecule has 0 fully saturated rings. The minimum Gasteiger partial charge on any atom is -0.310 e. The summed E-state index contributed by atoms with van der Waals surface area (Å²) >= 11 is 14.4. The summed E-state index contributed by atoms with van der Waals surface area (Å²) in [4.78, 5) is 24.9. The number of aromatic nitrogens is 5. The number of nitrogens with zero attached hydrogens (tertiary/aromatic N) is 4. The highest BCUT2D eigenvalue weighted by Gasteiger charge is 2.22. The Morgan fingerprint density at radius 1 is 1.21 bits per heavy atom. The van der Waals surface area contributed by atoms with Gasteiger partial charge >= 0.3 is 0 Å². The maximum Gasteiger partial charge on any atom is 0.262 e. The number of thiazole rings is 1. The molecule has 0 amide bonds. The van der Waals surface area contributed by atoms with Crippen molar-refractivity contribution in [3.05, 3.63) is 66.2 Å². The molecule has 0 atom stereocenters. The molecule has 0 aliphatic heterocycles. The van der Waals surface area contributed by atoms with E-state index < -0.39 is 0 Å². The molecule has 0 unspecified atom stereocenters. The highest BCUT2D eigenvalue weighted by molar-refractivity contribution is 7.09. The Morgan fingerprint density at radius 2 is 1.93 bits per heavy atom. The Balaban J connectivity index is 1.98. The second-order valence-corrected chi connectivity index (χ2v) is 8.64. The number of fused-ring (bicyclic) bond motifs is 1. The zero-order valence-corrected chi connectivity index (χ0v) is 17.8. The Morgan fingerprint density at radius 3 is 2.54 bits per heavy atom. The van der Waals surface area contributed by atoms with Gasteiger partial charge in [0, 0.05) is 11.8 Å². The van der Waals surface area contributed by atoms with E-state index in [1.165, 1.54) is 0 Å². The normalized spacial score (nSPS) is 11.6. The van der Waals surface area contributed by atoms with E-state index in [0.717, 1.165) is 10.7 Å². The van der Waals surface area contributed by atoms with Crippen LogP contribution >= 0.6 is 34.5 Å². The van der Waals surface area contributed by atoms with Crippen LogP contribution in [0.4, 0.5) is 0 Å². The second-order valence-electron chi connectivity index (χ2n) is 6.77. The van der Waals surface area contributed by atoms with Gasteiger partial charge in [0.05, 0.1) is 26.4 Å². The van der Waals surface area contributed by atoms with Crippen molar-refractivity contribution in [2.24, 2.45) is 0 Å². The number of nitrogens with one attached hydrogen (secondary N) is 1. The molecule has 0 radical (unpaired) electrons. The first-order valence-corrected chi connectivity index (χ1v) is 10.4. The molecule has 9 heteroatoms. The summed E-state index contributed by atoms with van der Waals surface area (Å²) in [6.07, 6.45) is 0.425. The average molecular weight is 434 g/mol. The minimum atomic E-state index is -0.231. The molecular formula is C19H17Cl2N5OS. The van der Waals surface area contributed by atoms with Crippen molar-refractivity contribution in [1.82, 2.24) is 24.7 Å². The lowest BCUT2D eigenvalue weighted by molar-refractivity contribution is 0.776. The Bertz CT molecular complexity index is 1220. The number of rotatable bonds is 4. The van der Waals surface area contributed by atoms with Gasteiger partial charge in [0.2, 0.25) is 0 Å². The van der Waals surface area contributed by atoms with E-state index in [1.54, 1.807) is 34.2 Å². The number of aryl methyl sites for hydroxylation is 1. The zero-order chi connectivity index (χ0) is 20.0. The summed E-state index contributed by atoms with van der Waals surface area (Å²) in [6.45, 7) is 5.90. The molecular weight excluding hydrogens is 417 g/mol. The Hall–Kier alpha value is -2.22. The fraction of sp³-hybridized carbons (Fsp3) is 0.263. The standard InChI is InChI=1S/C19H17Cl2N5OS/c1-9(2)16-15-18(26(25-16)17-12(20)5-4-6-13(17)21)23-14(24-19(15)27)7-11-8-28-10(3)22-11/h4-6,8-9H,7H2,1-3H3,(H,23,24,27). The van der Waals surface area contributed by atoms with E-state index in [9.17, 15) is 4.79 Å². The summed E-state index contributed by atoms with van der Waals surface area (Å²) in [5.41, 5.74) is 2.22. The molecule has 0 aliphatic carbocycles. The predicted octanol–water partition coefficient (Wildman–Crippen LogP) is 4.89. The number of hydrogen-bond donors (Lipinski definition) is 1. The molecule has 4 rings (SSSR count). The average Bonchev–Trinajstić information content (AvgIpc) is 3.19. The van der Waals surface area contributed by atoms with Crippen molar-refractivity contribution < 1.29 is 0 Å². The van der Waals surface area contributed by atoms with E-state index in [2.05, 4.69) is 15.1 Å². The third-order valence-corrected chi connectivity index (χ3v) is 5.76. The number of para-hydroxylation sites is 1. The lowest BCUT2D eigenvalue weighted by atomic mass is 10.1. The van der Waals surface area contributed by atoms with E-state index in [-0.39, 0.29) is 11.5 Å². The van der Waals surface area contributed by atoms with Crippen LogP contribution in [0.5, 0.6) is 0 Å². The first-order chi connectivity index (χ1) is 13.3. The maximum atomic E-state index is 12.9. The first-order valence-electron chi connectivity index (χ1n) is 8.72. The van der Waals surface area contributed by atoms with Crippen LogP contribution in [0.3, 0.4) is 0 Å². The summed E-state index contributed by atoms with van der Waals surface area (Å²) in [5, 5.41) is 8.89. The highest BCUT2D eigenvalue weighted by Crippen LogP contribution is 2.32. The van der Waals surface area contributed by atoms with Crippen molar-refractivity contribution in [1.29, 1.82) is 0 Å². The Kier molecular flexibility index (Phi) is 4.99. The van der Waals surface area contributed by atoms with Crippen LogP contribution in [0.15, 0.2) is 28.4 Å². The fourth-order valence-corrected chi connectivity index (χ4v) is 4.26. The van der Waals surface area contributed by atoms with Gasteiger partial charge in [-0.1, -0.05) is 43.1 Å². The first kappa shape index (κ1) is 19.1. The molecule has 0 saturated carbocycles. The number of benzene rings is 1. The van der Waals surface area contributed by atoms with Crippen LogP contribution < -0.4 is 5.56 Å². The molecule has 28 heavy (non-hydrogen) atoms. The van der Waals surface area contributed by atoms with Gasteiger partial charge in [0.25, 0.3) is 5.56 Å². The van der Waals surface area contributed by atoms with Gasteiger partial charge in [0.1, 0.15) is 16.9 Å². The molecule has 4 aromatic rings. The summed E-state index contributed by atoms with van der Waals surface area (Å²) in [7, 11) is 0. The van der Waals surface area contributed by atoms with Crippen molar-refractivity contribution in [3.63, 3.8) is 0 Å². The van der Waals surface area contributed by atoms with Gasteiger partial charge in [-0.3, -0.25) is 4.79 Å². The van der Waals surface area contributed by atoms with Crippen molar-refractivity contribution >= 4 is 45.6 Å². The van der Waals surface area contributed by atoms with E-state index >= 15 is 0 Å². The molecule has 144 valence electrons. The smallest absolute Gasteiger partial charge is 0.262 e. The lowest BCUT2D eigenvalue weighted by Crippen LogP contribution is -2.14. The third kappa shape index (κ3) is 3.34. The van der Waals surface area contributed by atoms with Gasteiger partial charge in [-0.25, -0.2) is 14.6 Å². The molecule has 0 bridgehead atoms. The lowest BCUT2D eigenvalue weighted by Gasteiger charge is -2.08. The number of H-pyrrole nitrogens is 1. The summed E-state index contributed by atoms with van der Waals surface area (Å²) < 4.78 is 1.57. The van der Waals surface area contributed by atoms with Crippen LogP contribution in [-0.2, 0) is 6.42 Å². The number of aromatic amines is 1. The second kappa shape index (κ2) is 7.31. The number of hydrogen-bond acceptors (Lipinski definition) is 5. The van der Waals surface area contributed by atoms with E-state index in [0.29, 0.717) is 44.7 Å².